The lowest BCUT2D eigenvalue weighted by atomic mass is 9.81. The van der Waals surface area contributed by atoms with Gasteiger partial charge in [0.1, 0.15) is 24.6 Å². The maximum atomic E-state index is 13.7. The van der Waals surface area contributed by atoms with Crippen LogP contribution in [0, 0.1) is 0 Å². The maximum Gasteiger partial charge on any atom is 0.325 e. The number of methoxy groups -OCH3 is 2. The first-order chi connectivity index (χ1) is 18.3. The highest BCUT2D eigenvalue weighted by Gasteiger charge is 2.74. The third kappa shape index (κ3) is 4.11. The molecule has 2 aliphatic rings. The molecule has 2 heterocycles. The number of rotatable bonds is 10. The molecule has 4 amide bonds. The van der Waals surface area contributed by atoms with Crippen LogP contribution in [0.15, 0.2) is 48.5 Å². The van der Waals surface area contributed by atoms with E-state index in [0.29, 0.717) is 22.6 Å². The smallest absolute Gasteiger partial charge is 0.325 e. The molecule has 2 aromatic rings. The van der Waals surface area contributed by atoms with Crippen molar-refractivity contribution in [3.05, 3.63) is 59.7 Å². The Bertz CT molecular complexity index is 1170. The number of hydrogen-bond donors (Lipinski definition) is 2. The van der Waals surface area contributed by atoms with Crippen LogP contribution >= 0.6 is 0 Å². The first-order valence-electron chi connectivity index (χ1n) is 12.1. The van der Waals surface area contributed by atoms with Crippen molar-refractivity contribution in [1.29, 1.82) is 0 Å². The third-order valence-corrected chi connectivity index (χ3v) is 6.58. The summed E-state index contributed by atoms with van der Waals surface area (Å²) < 4.78 is 20.9. The SMILES string of the molecule is CCOC(=O)CN1C(=O)NC2(c3ccc(OC)cc3)NC(=O)N(CC(=O)OCC)C12c1ccc(OC)cc1. The Kier molecular flexibility index (Phi) is 7.33. The van der Waals surface area contributed by atoms with Gasteiger partial charge in [-0.2, -0.15) is 0 Å². The molecule has 0 radical (unpaired) electrons. The van der Waals surface area contributed by atoms with Gasteiger partial charge in [0.2, 0.25) is 0 Å². The second kappa shape index (κ2) is 10.5. The van der Waals surface area contributed by atoms with E-state index in [1.54, 1.807) is 62.4 Å². The predicted octanol–water partition coefficient (Wildman–Crippen LogP) is 1.89. The van der Waals surface area contributed by atoms with Gasteiger partial charge >= 0.3 is 24.0 Å². The van der Waals surface area contributed by atoms with Crippen molar-refractivity contribution in [2.75, 3.05) is 40.5 Å². The van der Waals surface area contributed by atoms with Gasteiger partial charge in [-0.3, -0.25) is 19.4 Å². The summed E-state index contributed by atoms with van der Waals surface area (Å²) in [6.45, 7) is 2.48. The summed E-state index contributed by atoms with van der Waals surface area (Å²) in [5.41, 5.74) is -2.45. The lowest BCUT2D eigenvalue weighted by Crippen LogP contribution is -2.63. The van der Waals surface area contributed by atoms with Gasteiger partial charge in [-0.1, -0.05) is 24.3 Å². The Morgan fingerprint density at radius 2 is 1.11 bits per heavy atom. The first-order valence-corrected chi connectivity index (χ1v) is 12.1. The average Bonchev–Trinajstić information content (AvgIpc) is 3.29. The summed E-state index contributed by atoms with van der Waals surface area (Å²) in [5.74, 6) is -0.280. The highest BCUT2D eigenvalue weighted by atomic mass is 16.5. The number of esters is 2. The summed E-state index contributed by atoms with van der Waals surface area (Å²) >= 11 is 0. The summed E-state index contributed by atoms with van der Waals surface area (Å²) in [7, 11) is 3.03. The van der Waals surface area contributed by atoms with E-state index in [1.165, 1.54) is 24.0 Å². The molecule has 0 saturated carbocycles. The molecule has 38 heavy (non-hydrogen) atoms. The molecule has 2 saturated heterocycles. The molecule has 4 rings (SSSR count). The van der Waals surface area contributed by atoms with Crippen molar-refractivity contribution in [2.24, 2.45) is 0 Å². The Labute approximate surface area is 219 Å². The Morgan fingerprint density at radius 3 is 1.47 bits per heavy atom. The van der Waals surface area contributed by atoms with E-state index < -0.39 is 48.4 Å². The summed E-state index contributed by atoms with van der Waals surface area (Å²) in [4.78, 5) is 55.2. The zero-order valence-corrected chi connectivity index (χ0v) is 21.6. The largest absolute Gasteiger partial charge is 0.497 e. The zero-order valence-electron chi connectivity index (χ0n) is 21.6. The topological polar surface area (TPSA) is 136 Å². The number of carbonyl (C=O) groups is 4. The van der Waals surface area contributed by atoms with E-state index in [2.05, 4.69) is 10.6 Å². The van der Waals surface area contributed by atoms with Gasteiger partial charge in [-0.15, -0.1) is 0 Å². The van der Waals surface area contributed by atoms with E-state index in [9.17, 15) is 19.2 Å². The van der Waals surface area contributed by atoms with E-state index in [0.717, 1.165) is 0 Å². The highest BCUT2D eigenvalue weighted by Crippen LogP contribution is 2.54. The quantitative estimate of drug-likeness (QED) is 0.448. The van der Waals surface area contributed by atoms with E-state index >= 15 is 0 Å². The molecule has 0 bridgehead atoms. The number of nitrogens with one attached hydrogen (secondary N) is 2. The van der Waals surface area contributed by atoms with Crippen LogP contribution in [0.4, 0.5) is 9.59 Å². The minimum absolute atomic E-state index is 0.0944. The fourth-order valence-electron chi connectivity index (χ4n) is 5.09. The van der Waals surface area contributed by atoms with Crippen molar-refractivity contribution in [3.8, 4) is 11.5 Å². The van der Waals surface area contributed by atoms with Gasteiger partial charge in [0.25, 0.3) is 0 Å². The molecule has 2 aliphatic heterocycles. The fourth-order valence-corrected chi connectivity index (χ4v) is 5.09. The third-order valence-electron chi connectivity index (χ3n) is 6.58. The molecule has 0 spiro atoms. The Morgan fingerprint density at radius 1 is 0.711 bits per heavy atom. The monoisotopic (exact) mass is 526 g/mol. The normalized spacial score (nSPS) is 21.9. The summed E-state index contributed by atoms with van der Waals surface area (Å²) in [6.07, 6.45) is 0. The molecule has 0 atom stereocenters. The molecule has 12 heteroatoms. The van der Waals surface area contributed by atoms with Gasteiger partial charge < -0.3 is 29.6 Å². The molecular weight excluding hydrogens is 496 g/mol. The summed E-state index contributed by atoms with van der Waals surface area (Å²) in [5, 5.41) is 5.79. The van der Waals surface area contributed by atoms with Crippen LogP contribution in [0.2, 0.25) is 0 Å². The lowest BCUT2D eigenvalue weighted by Gasteiger charge is -2.46. The molecule has 0 aromatic heterocycles. The van der Waals surface area contributed by atoms with Crippen molar-refractivity contribution in [1.82, 2.24) is 20.4 Å². The van der Waals surface area contributed by atoms with E-state index in [-0.39, 0.29) is 13.2 Å². The fraction of sp³-hybridized carbons (Fsp3) is 0.385. The van der Waals surface area contributed by atoms with Crippen LogP contribution in [0.5, 0.6) is 11.5 Å². The van der Waals surface area contributed by atoms with Gasteiger partial charge in [0.15, 0.2) is 11.3 Å². The summed E-state index contributed by atoms with van der Waals surface area (Å²) in [6, 6.07) is 12.1. The lowest BCUT2D eigenvalue weighted by molar-refractivity contribution is -0.150. The molecule has 202 valence electrons. The van der Waals surface area contributed by atoms with Gasteiger partial charge in [0.05, 0.1) is 27.4 Å². The molecule has 0 unspecified atom stereocenters. The molecule has 12 nitrogen and oxygen atoms in total. The molecule has 2 N–H and O–H groups in total. The molecule has 2 aromatic carbocycles. The maximum absolute atomic E-state index is 13.7. The number of nitrogens with zero attached hydrogens (tertiary/aromatic N) is 2. The Balaban J connectivity index is 2.01. The minimum Gasteiger partial charge on any atom is -0.497 e. The van der Waals surface area contributed by atoms with Crippen molar-refractivity contribution in [3.63, 3.8) is 0 Å². The number of benzene rings is 2. The molecule has 0 aliphatic carbocycles. The van der Waals surface area contributed by atoms with Crippen LogP contribution < -0.4 is 20.1 Å². The number of fused-ring (bicyclic) bond motifs is 1. The predicted molar refractivity (Wildman–Crippen MR) is 133 cm³/mol. The second-order valence-electron chi connectivity index (χ2n) is 8.52. The number of urea groups is 2. The van der Waals surface area contributed by atoms with Crippen LogP contribution in [-0.4, -0.2) is 74.3 Å². The van der Waals surface area contributed by atoms with Crippen molar-refractivity contribution in [2.45, 2.75) is 25.2 Å². The standard InChI is InChI=1S/C26H30N4O8/c1-5-37-21(31)15-29-23(33)27-25(17-7-11-19(35-3)12-8-17)26(29,18-9-13-20(36-4)14-10-18)30(24(34)28-25)16-22(32)38-6-2/h7-14H,5-6,15-16H2,1-4H3,(H,27,33)(H,28,34). The number of hydrogen-bond acceptors (Lipinski definition) is 8. The van der Waals surface area contributed by atoms with Crippen molar-refractivity contribution >= 4 is 24.0 Å². The number of amides is 4. The van der Waals surface area contributed by atoms with Crippen LogP contribution in [0.25, 0.3) is 0 Å². The van der Waals surface area contributed by atoms with Crippen molar-refractivity contribution < 1.29 is 38.1 Å². The van der Waals surface area contributed by atoms with Gasteiger partial charge in [0, 0.05) is 11.1 Å². The van der Waals surface area contributed by atoms with Gasteiger partial charge in [-0.25, -0.2) is 9.59 Å². The van der Waals surface area contributed by atoms with Crippen LogP contribution in [0.1, 0.15) is 25.0 Å². The first kappa shape index (κ1) is 26.6. The van der Waals surface area contributed by atoms with Crippen LogP contribution in [0.3, 0.4) is 0 Å². The second-order valence-corrected chi connectivity index (χ2v) is 8.52. The number of carbonyl (C=O) groups excluding carboxylic acids is 4. The zero-order chi connectivity index (χ0) is 27.5. The van der Waals surface area contributed by atoms with Gasteiger partial charge in [-0.05, 0) is 38.1 Å². The Hall–Kier alpha value is -4.48. The van der Waals surface area contributed by atoms with E-state index in [1.807, 2.05) is 0 Å². The highest BCUT2D eigenvalue weighted by molar-refractivity contribution is 5.93. The average molecular weight is 527 g/mol. The molecule has 2 fully saturated rings. The van der Waals surface area contributed by atoms with E-state index in [4.69, 9.17) is 18.9 Å². The minimum atomic E-state index is -1.73. The number of ether oxygens (including phenoxy) is 4. The molecular formula is C26H30N4O8. The van der Waals surface area contributed by atoms with Crippen LogP contribution in [-0.2, 0) is 30.4 Å².